The Morgan fingerprint density at radius 3 is 2.62 bits per heavy atom. The third kappa shape index (κ3) is 2.50. The van der Waals surface area contributed by atoms with Gasteiger partial charge in [-0.05, 0) is 44.3 Å². The number of nitrogens with one attached hydrogen (secondary N) is 1. The summed E-state index contributed by atoms with van der Waals surface area (Å²) >= 11 is 0. The molecule has 2 rings (SSSR count). The number of hydrogen-bond acceptors (Lipinski definition) is 2. The maximum atomic E-state index is 13.1. The Bertz CT molecular complexity index is 376. The van der Waals surface area contributed by atoms with Gasteiger partial charge in [-0.25, -0.2) is 8.78 Å². The molecule has 0 atom stereocenters. The van der Waals surface area contributed by atoms with Crippen LogP contribution in [0, 0.1) is 17.6 Å². The van der Waals surface area contributed by atoms with Gasteiger partial charge < -0.3 is 10.4 Å². The molecule has 1 aliphatic heterocycles. The van der Waals surface area contributed by atoms with Gasteiger partial charge in [-0.2, -0.15) is 0 Å². The van der Waals surface area contributed by atoms with Crippen LogP contribution in [0.4, 0.5) is 8.78 Å². The van der Waals surface area contributed by atoms with Crippen molar-refractivity contribution in [3.05, 3.63) is 29.3 Å². The molecule has 16 heavy (non-hydrogen) atoms. The molecule has 2 nitrogen and oxygen atoms in total. The zero-order valence-electron chi connectivity index (χ0n) is 8.97. The average molecular weight is 227 g/mol. The first-order chi connectivity index (χ1) is 7.66. The Labute approximate surface area is 93.3 Å². The first-order valence-corrected chi connectivity index (χ1v) is 5.54. The fraction of sp³-hybridized carbons (Fsp3) is 0.500. The maximum absolute atomic E-state index is 13.1. The molecule has 2 N–H and O–H groups in total. The molecule has 1 aromatic rings. The highest BCUT2D eigenvalue weighted by Crippen LogP contribution is 2.27. The Morgan fingerprint density at radius 1 is 1.25 bits per heavy atom. The summed E-state index contributed by atoms with van der Waals surface area (Å²) in [5.41, 5.74) is 0.379. The second-order valence-corrected chi connectivity index (χ2v) is 4.29. The minimum atomic E-state index is -0.871. The summed E-state index contributed by atoms with van der Waals surface area (Å²) in [5.74, 6) is -1.50. The van der Waals surface area contributed by atoms with Crippen molar-refractivity contribution in [2.45, 2.75) is 19.3 Å². The molecule has 1 heterocycles. The second kappa shape index (κ2) is 4.78. The summed E-state index contributed by atoms with van der Waals surface area (Å²) in [4.78, 5) is 0. The molecular weight excluding hydrogens is 212 g/mol. The molecule has 88 valence electrons. The van der Waals surface area contributed by atoms with E-state index in [0.717, 1.165) is 25.9 Å². The van der Waals surface area contributed by atoms with Crippen molar-refractivity contribution >= 4 is 0 Å². The quantitative estimate of drug-likeness (QED) is 0.812. The second-order valence-electron chi connectivity index (χ2n) is 4.29. The van der Waals surface area contributed by atoms with Crippen LogP contribution in [-0.4, -0.2) is 18.2 Å². The fourth-order valence-corrected chi connectivity index (χ4v) is 2.17. The highest BCUT2D eigenvalue weighted by molar-refractivity contribution is 5.34. The van der Waals surface area contributed by atoms with Crippen LogP contribution < -0.4 is 5.32 Å². The Morgan fingerprint density at radius 2 is 1.94 bits per heavy atom. The topological polar surface area (TPSA) is 32.3 Å². The van der Waals surface area contributed by atoms with Crippen LogP contribution in [0.15, 0.2) is 12.1 Å². The van der Waals surface area contributed by atoms with Crippen molar-refractivity contribution < 1.29 is 13.9 Å². The van der Waals surface area contributed by atoms with E-state index in [1.54, 1.807) is 0 Å². The van der Waals surface area contributed by atoms with Crippen molar-refractivity contribution in [3.8, 4) is 5.75 Å². The Kier molecular flexibility index (Phi) is 3.39. The smallest absolute Gasteiger partial charge is 0.168 e. The van der Waals surface area contributed by atoms with Gasteiger partial charge >= 0.3 is 0 Å². The summed E-state index contributed by atoms with van der Waals surface area (Å²) in [6.45, 7) is 1.87. The van der Waals surface area contributed by atoms with Crippen LogP contribution in [0.5, 0.6) is 5.75 Å². The van der Waals surface area contributed by atoms with Crippen LogP contribution >= 0.6 is 0 Å². The molecule has 0 radical (unpaired) electrons. The average Bonchev–Trinajstić information content (AvgIpc) is 2.27. The van der Waals surface area contributed by atoms with E-state index in [9.17, 15) is 13.9 Å². The highest BCUT2D eigenvalue weighted by atomic mass is 19.1. The fourth-order valence-electron chi connectivity index (χ4n) is 2.17. The molecule has 1 aliphatic rings. The van der Waals surface area contributed by atoms with E-state index in [1.807, 2.05) is 0 Å². The summed E-state index contributed by atoms with van der Waals surface area (Å²) in [6.07, 6.45) is 2.51. The van der Waals surface area contributed by atoms with Crippen LogP contribution in [0.3, 0.4) is 0 Å². The zero-order valence-corrected chi connectivity index (χ0v) is 8.97. The lowest BCUT2D eigenvalue weighted by molar-refractivity contribution is 0.360. The molecule has 0 spiro atoms. The molecule has 0 unspecified atom stereocenters. The number of piperidine rings is 1. The van der Waals surface area contributed by atoms with Crippen LogP contribution in [0.25, 0.3) is 0 Å². The normalized spacial score (nSPS) is 17.6. The van der Waals surface area contributed by atoms with E-state index < -0.39 is 17.4 Å². The van der Waals surface area contributed by atoms with Crippen molar-refractivity contribution in [1.82, 2.24) is 5.32 Å². The molecule has 0 saturated carbocycles. The number of hydrogen-bond donors (Lipinski definition) is 2. The van der Waals surface area contributed by atoms with Gasteiger partial charge in [0.15, 0.2) is 11.6 Å². The molecule has 4 heteroatoms. The van der Waals surface area contributed by atoms with Gasteiger partial charge in [-0.15, -0.1) is 0 Å². The molecule has 0 aromatic heterocycles. The number of halogens is 2. The van der Waals surface area contributed by atoms with Gasteiger partial charge in [0.2, 0.25) is 0 Å². The number of phenols is 1. The van der Waals surface area contributed by atoms with Gasteiger partial charge in [0.25, 0.3) is 0 Å². The summed E-state index contributed by atoms with van der Waals surface area (Å²) in [5, 5.41) is 12.7. The van der Waals surface area contributed by atoms with Gasteiger partial charge in [0, 0.05) is 11.6 Å². The molecule has 1 saturated heterocycles. The number of benzene rings is 1. The maximum Gasteiger partial charge on any atom is 0.168 e. The Balaban J connectivity index is 2.13. The lowest BCUT2D eigenvalue weighted by atomic mass is 9.90. The van der Waals surface area contributed by atoms with Gasteiger partial charge in [-0.1, -0.05) is 0 Å². The van der Waals surface area contributed by atoms with Crippen molar-refractivity contribution in [2.24, 2.45) is 5.92 Å². The zero-order chi connectivity index (χ0) is 11.5. The van der Waals surface area contributed by atoms with Gasteiger partial charge in [0.05, 0.1) is 0 Å². The van der Waals surface area contributed by atoms with E-state index in [0.29, 0.717) is 24.0 Å². The minimum Gasteiger partial charge on any atom is -0.505 e. The minimum absolute atomic E-state index is 0.379. The molecular formula is C12H15F2NO. The van der Waals surface area contributed by atoms with Crippen molar-refractivity contribution in [1.29, 1.82) is 0 Å². The lowest BCUT2D eigenvalue weighted by Crippen LogP contribution is -2.28. The molecule has 1 fully saturated rings. The highest BCUT2D eigenvalue weighted by Gasteiger charge is 2.17. The van der Waals surface area contributed by atoms with Crippen LogP contribution in [0.1, 0.15) is 18.4 Å². The molecule has 0 bridgehead atoms. The summed E-state index contributed by atoms with van der Waals surface area (Å²) < 4.78 is 26.1. The van der Waals surface area contributed by atoms with Crippen molar-refractivity contribution in [3.63, 3.8) is 0 Å². The van der Waals surface area contributed by atoms with E-state index in [-0.39, 0.29) is 0 Å². The van der Waals surface area contributed by atoms with Gasteiger partial charge in [0.1, 0.15) is 5.82 Å². The van der Waals surface area contributed by atoms with Crippen LogP contribution in [0.2, 0.25) is 0 Å². The van der Waals surface area contributed by atoms with E-state index >= 15 is 0 Å². The van der Waals surface area contributed by atoms with Crippen molar-refractivity contribution in [2.75, 3.05) is 13.1 Å². The standard InChI is InChI=1S/C12H15F2NO/c13-10-6-9(12(16)11(14)7-10)5-8-1-3-15-4-2-8/h6-8,15-16H,1-5H2. The third-order valence-electron chi connectivity index (χ3n) is 3.07. The summed E-state index contributed by atoms with van der Waals surface area (Å²) in [7, 11) is 0. The number of phenolic OH excluding ortho intramolecular Hbond substituents is 1. The Hall–Kier alpha value is -1.16. The largest absolute Gasteiger partial charge is 0.505 e. The predicted molar refractivity (Wildman–Crippen MR) is 57.3 cm³/mol. The molecule has 0 amide bonds. The number of rotatable bonds is 2. The van der Waals surface area contributed by atoms with Gasteiger partial charge in [-0.3, -0.25) is 0 Å². The molecule has 0 aliphatic carbocycles. The van der Waals surface area contributed by atoms with Crippen LogP contribution in [-0.2, 0) is 6.42 Å². The van der Waals surface area contributed by atoms with E-state index in [2.05, 4.69) is 5.32 Å². The monoisotopic (exact) mass is 227 g/mol. The van der Waals surface area contributed by atoms with E-state index in [1.165, 1.54) is 6.07 Å². The third-order valence-corrected chi connectivity index (χ3v) is 3.07. The number of aromatic hydroxyl groups is 1. The summed E-state index contributed by atoms with van der Waals surface area (Å²) in [6, 6.07) is 1.93. The SMILES string of the molecule is Oc1c(F)cc(F)cc1CC1CCNCC1. The molecule has 1 aromatic carbocycles. The predicted octanol–water partition coefficient (Wildman–Crippen LogP) is 2.21. The van der Waals surface area contributed by atoms with E-state index in [4.69, 9.17) is 0 Å². The first-order valence-electron chi connectivity index (χ1n) is 5.54. The first kappa shape index (κ1) is 11.3. The lowest BCUT2D eigenvalue weighted by Gasteiger charge is -2.22.